The number of benzene rings is 3. The van der Waals surface area contributed by atoms with Crippen LogP contribution in [0.1, 0.15) is 35.7 Å². The maximum Gasteiger partial charge on any atom is 0.264 e. The molecule has 1 amide bonds. The average Bonchev–Trinajstić information content (AvgIpc) is 3.61. The summed E-state index contributed by atoms with van der Waals surface area (Å²) in [5.74, 6) is -0.229. The first-order valence-electron chi connectivity index (χ1n) is 12.3. The number of aryl methyl sites for hydroxylation is 1. The SMILES string of the molecule is CCc1cccc2sc(N(CC3CCCO3)C(=O)c3ccc(S(=O)(=O)N(C)c4ccccc4)cc3)nc12. The van der Waals surface area contributed by atoms with E-state index in [2.05, 4.69) is 13.0 Å². The minimum Gasteiger partial charge on any atom is -0.376 e. The van der Waals surface area contributed by atoms with Crippen LogP contribution in [0.15, 0.2) is 77.7 Å². The first kappa shape index (κ1) is 25.4. The van der Waals surface area contributed by atoms with E-state index in [1.807, 2.05) is 18.2 Å². The molecule has 4 aromatic rings. The van der Waals surface area contributed by atoms with Crippen molar-refractivity contribution in [1.82, 2.24) is 4.98 Å². The number of thiazole rings is 1. The number of amides is 1. The molecule has 192 valence electrons. The van der Waals surface area contributed by atoms with E-state index < -0.39 is 10.0 Å². The maximum absolute atomic E-state index is 13.8. The molecule has 3 aromatic carbocycles. The molecule has 1 saturated heterocycles. The lowest BCUT2D eigenvalue weighted by Crippen LogP contribution is -2.37. The molecule has 1 aliphatic heterocycles. The number of sulfonamides is 1. The van der Waals surface area contributed by atoms with Crippen LogP contribution >= 0.6 is 11.3 Å². The third kappa shape index (κ3) is 5.12. The quantitative estimate of drug-likeness (QED) is 0.297. The first-order chi connectivity index (χ1) is 17.9. The van der Waals surface area contributed by atoms with Crippen LogP contribution < -0.4 is 9.21 Å². The summed E-state index contributed by atoms with van der Waals surface area (Å²) >= 11 is 1.49. The van der Waals surface area contributed by atoms with Gasteiger partial charge in [-0.3, -0.25) is 14.0 Å². The highest BCUT2D eigenvalue weighted by molar-refractivity contribution is 7.92. The number of rotatable bonds is 8. The lowest BCUT2D eigenvalue weighted by atomic mass is 10.1. The molecule has 7 nitrogen and oxygen atoms in total. The van der Waals surface area contributed by atoms with E-state index in [1.165, 1.54) is 34.8 Å². The second kappa shape index (κ2) is 10.6. The van der Waals surface area contributed by atoms with Gasteiger partial charge >= 0.3 is 0 Å². The van der Waals surface area contributed by atoms with Crippen molar-refractivity contribution in [2.75, 3.05) is 29.4 Å². The predicted octanol–water partition coefficient (Wildman–Crippen LogP) is 5.51. The highest BCUT2D eigenvalue weighted by atomic mass is 32.2. The van der Waals surface area contributed by atoms with Crippen molar-refractivity contribution >= 4 is 48.3 Å². The molecule has 0 bridgehead atoms. The van der Waals surface area contributed by atoms with Crippen LogP contribution in [0.25, 0.3) is 10.2 Å². The van der Waals surface area contributed by atoms with Gasteiger partial charge in [0.15, 0.2) is 5.13 Å². The van der Waals surface area contributed by atoms with E-state index in [1.54, 1.807) is 41.3 Å². The van der Waals surface area contributed by atoms with Gasteiger partial charge in [0.25, 0.3) is 15.9 Å². The standard InChI is InChI=1S/C28H29N3O4S2/c1-3-20-9-7-13-25-26(20)29-28(36-25)31(19-23-12-8-18-35-23)27(32)21-14-16-24(17-15-21)37(33,34)30(2)22-10-5-4-6-11-22/h4-7,9-11,13-17,23H,3,8,12,18-19H2,1-2H3. The number of nitrogens with zero attached hydrogens (tertiary/aromatic N) is 3. The van der Waals surface area contributed by atoms with Crippen LogP contribution in [0.2, 0.25) is 0 Å². The summed E-state index contributed by atoms with van der Waals surface area (Å²) in [6, 6.07) is 21.1. The van der Waals surface area contributed by atoms with E-state index in [0.717, 1.165) is 35.0 Å². The Kier molecular flexibility index (Phi) is 7.28. The van der Waals surface area contributed by atoms with Crippen LogP contribution in [0.5, 0.6) is 0 Å². The zero-order valence-electron chi connectivity index (χ0n) is 20.8. The molecule has 1 aliphatic rings. The van der Waals surface area contributed by atoms with Gasteiger partial charge in [-0.1, -0.05) is 48.6 Å². The van der Waals surface area contributed by atoms with Crippen LogP contribution in [0, 0.1) is 0 Å². The molecule has 9 heteroatoms. The Bertz CT molecular complexity index is 1500. The van der Waals surface area contributed by atoms with Crippen molar-refractivity contribution in [2.45, 2.75) is 37.2 Å². The summed E-state index contributed by atoms with van der Waals surface area (Å²) in [6.07, 6.45) is 2.65. The molecular formula is C28H29N3O4S2. The largest absolute Gasteiger partial charge is 0.376 e. The monoisotopic (exact) mass is 535 g/mol. The number of carbonyl (C=O) groups excluding carboxylic acids is 1. The van der Waals surface area contributed by atoms with Crippen molar-refractivity contribution in [1.29, 1.82) is 0 Å². The van der Waals surface area contributed by atoms with E-state index in [0.29, 0.717) is 29.5 Å². The fourth-order valence-corrected chi connectivity index (χ4v) is 6.71. The molecular weight excluding hydrogens is 506 g/mol. The van der Waals surface area contributed by atoms with Crippen molar-refractivity contribution in [3.8, 4) is 0 Å². The Balaban J connectivity index is 1.45. The Morgan fingerprint density at radius 2 is 1.81 bits per heavy atom. The Hall–Kier alpha value is -3.27. The van der Waals surface area contributed by atoms with Gasteiger partial charge in [0.05, 0.1) is 33.4 Å². The van der Waals surface area contributed by atoms with Crippen molar-refractivity contribution in [3.05, 3.63) is 83.9 Å². The number of anilines is 2. The van der Waals surface area contributed by atoms with E-state index in [4.69, 9.17) is 9.72 Å². The molecule has 0 saturated carbocycles. The second-order valence-electron chi connectivity index (χ2n) is 9.00. The molecule has 0 N–H and O–H groups in total. The zero-order valence-corrected chi connectivity index (χ0v) is 22.5. The molecule has 2 heterocycles. The third-order valence-electron chi connectivity index (χ3n) is 6.64. The first-order valence-corrected chi connectivity index (χ1v) is 14.6. The van der Waals surface area contributed by atoms with Crippen LogP contribution in [0.3, 0.4) is 0 Å². The van der Waals surface area contributed by atoms with Crippen LogP contribution in [0.4, 0.5) is 10.8 Å². The number of fused-ring (bicyclic) bond motifs is 1. The van der Waals surface area contributed by atoms with E-state index in [-0.39, 0.29) is 16.9 Å². The summed E-state index contributed by atoms with van der Waals surface area (Å²) in [6.45, 7) is 3.18. The van der Waals surface area contributed by atoms with Gasteiger partial charge in [-0.2, -0.15) is 0 Å². The normalized spacial score (nSPS) is 15.7. The van der Waals surface area contributed by atoms with Crippen molar-refractivity contribution in [3.63, 3.8) is 0 Å². The Morgan fingerprint density at radius 3 is 2.49 bits per heavy atom. The van der Waals surface area contributed by atoms with Gasteiger partial charge in [-0.15, -0.1) is 0 Å². The number of para-hydroxylation sites is 2. The highest BCUT2D eigenvalue weighted by Gasteiger charge is 2.28. The number of hydrogen-bond acceptors (Lipinski definition) is 6. The Morgan fingerprint density at radius 1 is 1.05 bits per heavy atom. The summed E-state index contributed by atoms with van der Waals surface area (Å²) in [4.78, 5) is 20.4. The molecule has 0 radical (unpaired) electrons. The fraction of sp³-hybridized carbons (Fsp3) is 0.286. The molecule has 5 rings (SSSR count). The van der Waals surface area contributed by atoms with Gasteiger partial charge in [0, 0.05) is 19.2 Å². The van der Waals surface area contributed by atoms with Crippen molar-refractivity contribution in [2.24, 2.45) is 0 Å². The molecule has 0 spiro atoms. The van der Waals surface area contributed by atoms with Gasteiger partial charge in [-0.05, 0) is 67.3 Å². The van der Waals surface area contributed by atoms with Gasteiger partial charge < -0.3 is 4.74 Å². The molecule has 1 unspecified atom stereocenters. The minimum atomic E-state index is -3.77. The van der Waals surface area contributed by atoms with Gasteiger partial charge in [0.1, 0.15) is 0 Å². The minimum absolute atomic E-state index is 0.0548. The molecule has 0 aliphatic carbocycles. The smallest absolute Gasteiger partial charge is 0.264 e. The molecule has 37 heavy (non-hydrogen) atoms. The fourth-order valence-electron chi connectivity index (χ4n) is 4.49. The van der Waals surface area contributed by atoms with Crippen LogP contribution in [-0.2, 0) is 21.2 Å². The molecule has 1 fully saturated rings. The zero-order chi connectivity index (χ0) is 26.0. The highest BCUT2D eigenvalue weighted by Crippen LogP contribution is 2.33. The maximum atomic E-state index is 13.8. The molecule has 1 atom stereocenters. The van der Waals surface area contributed by atoms with Crippen LogP contribution in [-0.4, -0.2) is 45.6 Å². The van der Waals surface area contributed by atoms with Gasteiger partial charge in [-0.25, -0.2) is 13.4 Å². The topological polar surface area (TPSA) is 79.8 Å². The summed E-state index contributed by atoms with van der Waals surface area (Å²) < 4.78 is 34.4. The number of aromatic nitrogens is 1. The van der Waals surface area contributed by atoms with E-state index >= 15 is 0 Å². The predicted molar refractivity (Wildman–Crippen MR) is 148 cm³/mol. The van der Waals surface area contributed by atoms with Gasteiger partial charge in [0.2, 0.25) is 0 Å². The summed E-state index contributed by atoms with van der Waals surface area (Å²) in [5.41, 5.74) is 3.02. The lowest BCUT2D eigenvalue weighted by molar-refractivity contribution is 0.0917. The summed E-state index contributed by atoms with van der Waals surface area (Å²) in [5, 5.41) is 0.622. The Labute approximate surface area is 221 Å². The lowest BCUT2D eigenvalue weighted by Gasteiger charge is -2.23. The van der Waals surface area contributed by atoms with E-state index in [9.17, 15) is 13.2 Å². The second-order valence-corrected chi connectivity index (χ2v) is 12.0. The number of hydrogen-bond donors (Lipinski definition) is 0. The third-order valence-corrected chi connectivity index (χ3v) is 9.48. The number of carbonyl (C=O) groups is 1. The van der Waals surface area contributed by atoms with Crippen molar-refractivity contribution < 1.29 is 17.9 Å². The summed E-state index contributed by atoms with van der Waals surface area (Å²) in [7, 11) is -2.25. The number of ether oxygens (including phenoxy) is 1. The average molecular weight is 536 g/mol. The molecule has 1 aromatic heterocycles.